The second kappa shape index (κ2) is 6.85. The first kappa shape index (κ1) is 15.0. The highest BCUT2D eigenvalue weighted by Crippen LogP contribution is 2.14. The Balaban J connectivity index is 2.03. The van der Waals surface area contributed by atoms with Gasteiger partial charge in [0.05, 0.1) is 0 Å². The SMILES string of the molecule is CCc1nc(N2CCN(C(CC)CN)CC2)cc(=O)[nH]1. The minimum Gasteiger partial charge on any atom is -0.354 e. The van der Waals surface area contributed by atoms with Gasteiger partial charge in [-0.1, -0.05) is 13.8 Å². The van der Waals surface area contributed by atoms with Crippen LogP contribution in [0.25, 0.3) is 0 Å². The lowest BCUT2D eigenvalue weighted by molar-refractivity contribution is 0.184. The van der Waals surface area contributed by atoms with Crippen LogP contribution < -0.4 is 16.2 Å². The van der Waals surface area contributed by atoms with Crippen LogP contribution in [0.1, 0.15) is 26.1 Å². The lowest BCUT2D eigenvalue weighted by Crippen LogP contribution is -2.52. The summed E-state index contributed by atoms with van der Waals surface area (Å²) in [6.45, 7) is 8.63. The van der Waals surface area contributed by atoms with Crippen molar-refractivity contribution in [2.45, 2.75) is 32.7 Å². The summed E-state index contributed by atoms with van der Waals surface area (Å²) in [6, 6.07) is 2.06. The van der Waals surface area contributed by atoms with Crippen molar-refractivity contribution in [1.82, 2.24) is 14.9 Å². The van der Waals surface area contributed by atoms with Gasteiger partial charge in [-0.15, -0.1) is 0 Å². The number of H-pyrrole nitrogens is 1. The smallest absolute Gasteiger partial charge is 0.252 e. The Morgan fingerprint density at radius 2 is 2.05 bits per heavy atom. The molecule has 1 fully saturated rings. The molecule has 1 aromatic rings. The number of aryl methyl sites for hydroxylation is 1. The minimum absolute atomic E-state index is 0.0670. The Bertz CT molecular complexity index is 475. The molecule has 0 aromatic carbocycles. The Morgan fingerprint density at radius 1 is 1.35 bits per heavy atom. The maximum atomic E-state index is 11.6. The Hall–Kier alpha value is -1.40. The molecule has 1 saturated heterocycles. The molecule has 0 aliphatic carbocycles. The van der Waals surface area contributed by atoms with Crippen molar-refractivity contribution in [2.75, 3.05) is 37.6 Å². The van der Waals surface area contributed by atoms with E-state index in [-0.39, 0.29) is 5.56 Å². The molecule has 0 amide bonds. The second-order valence-corrected chi connectivity index (χ2v) is 5.22. The van der Waals surface area contributed by atoms with Crippen molar-refractivity contribution in [3.8, 4) is 0 Å². The van der Waals surface area contributed by atoms with Crippen molar-refractivity contribution < 1.29 is 0 Å². The number of anilines is 1. The highest BCUT2D eigenvalue weighted by molar-refractivity contribution is 5.38. The summed E-state index contributed by atoms with van der Waals surface area (Å²) >= 11 is 0. The first-order valence-corrected chi connectivity index (χ1v) is 7.47. The molecular weight excluding hydrogens is 254 g/mol. The molecule has 112 valence electrons. The summed E-state index contributed by atoms with van der Waals surface area (Å²) in [5.41, 5.74) is 5.74. The number of nitrogens with zero attached hydrogens (tertiary/aromatic N) is 3. The van der Waals surface area contributed by atoms with E-state index in [2.05, 4.69) is 26.7 Å². The van der Waals surface area contributed by atoms with Crippen LogP contribution in [-0.4, -0.2) is 53.6 Å². The van der Waals surface area contributed by atoms with Crippen LogP contribution in [0.2, 0.25) is 0 Å². The zero-order chi connectivity index (χ0) is 14.5. The van der Waals surface area contributed by atoms with E-state index in [4.69, 9.17) is 5.73 Å². The quantitative estimate of drug-likeness (QED) is 0.804. The summed E-state index contributed by atoms with van der Waals surface area (Å²) in [4.78, 5) is 23.5. The van der Waals surface area contributed by atoms with E-state index in [1.807, 2.05) is 6.92 Å². The third kappa shape index (κ3) is 3.37. The van der Waals surface area contributed by atoms with Gasteiger partial charge in [0.15, 0.2) is 0 Å². The number of nitrogens with one attached hydrogen (secondary N) is 1. The fourth-order valence-corrected chi connectivity index (χ4v) is 2.71. The van der Waals surface area contributed by atoms with Crippen LogP contribution in [0.15, 0.2) is 10.9 Å². The lowest BCUT2D eigenvalue weighted by Gasteiger charge is -2.39. The molecule has 0 saturated carbocycles. The molecule has 0 spiro atoms. The first-order chi connectivity index (χ1) is 9.67. The predicted molar refractivity (Wildman–Crippen MR) is 81.2 cm³/mol. The van der Waals surface area contributed by atoms with Crippen LogP contribution in [0.3, 0.4) is 0 Å². The third-order valence-electron chi connectivity index (χ3n) is 4.01. The van der Waals surface area contributed by atoms with Crippen LogP contribution in [0.4, 0.5) is 5.82 Å². The van der Waals surface area contributed by atoms with Crippen molar-refractivity contribution in [3.63, 3.8) is 0 Å². The molecule has 2 heterocycles. The van der Waals surface area contributed by atoms with Gasteiger partial charge in [0.25, 0.3) is 5.56 Å². The number of aromatic nitrogens is 2. The summed E-state index contributed by atoms with van der Waals surface area (Å²) in [5, 5.41) is 0. The molecule has 1 aromatic heterocycles. The predicted octanol–water partition coefficient (Wildman–Crippen LogP) is 0.192. The van der Waals surface area contributed by atoms with Gasteiger partial charge in [0, 0.05) is 51.3 Å². The van der Waals surface area contributed by atoms with E-state index < -0.39 is 0 Å². The summed E-state index contributed by atoms with van der Waals surface area (Å²) in [6.07, 6.45) is 1.83. The zero-order valence-electron chi connectivity index (χ0n) is 12.4. The Kier molecular flexibility index (Phi) is 5.14. The summed E-state index contributed by atoms with van der Waals surface area (Å²) in [7, 11) is 0. The first-order valence-electron chi connectivity index (χ1n) is 7.47. The average molecular weight is 279 g/mol. The largest absolute Gasteiger partial charge is 0.354 e. The topological polar surface area (TPSA) is 78.2 Å². The van der Waals surface area contributed by atoms with Gasteiger partial charge < -0.3 is 15.6 Å². The number of rotatable bonds is 5. The number of hydrogen-bond acceptors (Lipinski definition) is 5. The van der Waals surface area contributed by atoms with Crippen molar-refractivity contribution in [3.05, 3.63) is 22.2 Å². The maximum Gasteiger partial charge on any atom is 0.252 e. The molecule has 1 aliphatic heterocycles. The van der Waals surface area contributed by atoms with Gasteiger partial charge in [-0.25, -0.2) is 4.98 Å². The third-order valence-corrected chi connectivity index (χ3v) is 4.01. The molecule has 3 N–H and O–H groups in total. The van der Waals surface area contributed by atoms with Gasteiger partial charge in [0.2, 0.25) is 0 Å². The molecule has 6 nitrogen and oxygen atoms in total. The lowest BCUT2D eigenvalue weighted by atomic mass is 10.1. The number of piperazine rings is 1. The van der Waals surface area contributed by atoms with Crippen molar-refractivity contribution >= 4 is 5.82 Å². The molecule has 0 bridgehead atoms. The Morgan fingerprint density at radius 3 is 2.60 bits per heavy atom. The summed E-state index contributed by atoms with van der Waals surface area (Å²) < 4.78 is 0. The average Bonchev–Trinajstić information content (AvgIpc) is 2.48. The van der Waals surface area contributed by atoms with E-state index in [1.54, 1.807) is 6.07 Å². The van der Waals surface area contributed by atoms with Gasteiger partial charge in [-0.3, -0.25) is 9.69 Å². The number of nitrogens with two attached hydrogens (primary N) is 1. The zero-order valence-corrected chi connectivity index (χ0v) is 12.4. The van der Waals surface area contributed by atoms with Gasteiger partial charge in [-0.2, -0.15) is 0 Å². The van der Waals surface area contributed by atoms with Crippen LogP contribution in [-0.2, 0) is 6.42 Å². The van der Waals surface area contributed by atoms with Gasteiger partial charge in [0.1, 0.15) is 11.6 Å². The number of aromatic amines is 1. The van der Waals surface area contributed by atoms with Crippen LogP contribution >= 0.6 is 0 Å². The van der Waals surface area contributed by atoms with Crippen LogP contribution in [0.5, 0.6) is 0 Å². The van der Waals surface area contributed by atoms with E-state index in [0.717, 1.165) is 50.7 Å². The maximum absolute atomic E-state index is 11.6. The normalized spacial score (nSPS) is 18.2. The highest BCUT2D eigenvalue weighted by Gasteiger charge is 2.22. The monoisotopic (exact) mass is 279 g/mol. The van der Waals surface area contributed by atoms with Crippen LogP contribution in [0, 0.1) is 0 Å². The Labute approximate surface area is 120 Å². The highest BCUT2D eigenvalue weighted by atomic mass is 16.1. The molecular formula is C14H25N5O. The fourth-order valence-electron chi connectivity index (χ4n) is 2.71. The standard InChI is InChI=1S/C14H25N5O/c1-3-11(10-15)18-5-7-19(8-6-18)13-9-14(20)17-12(4-2)16-13/h9,11H,3-8,10,15H2,1-2H3,(H,16,17,20). The van der Waals surface area contributed by atoms with Crippen molar-refractivity contribution in [2.24, 2.45) is 5.73 Å². The van der Waals surface area contributed by atoms with Crippen molar-refractivity contribution in [1.29, 1.82) is 0 Å². The minimum atomic E-state index is -0.0670. The molecule has 1 atom stereocenters. The molecule has 6 heteroatoms. The molecule has 1 unspecified atom stereocenters. The van der Waals surface area contributed by atoms with Gasteiger partial charge in [-0.05, 0) is 6.42 Å². The molecule has 0 radical (unpaired) electrons. The molecule has 20 heavy (non-hydrogen) atoms. The van der Waals surface area contributed by atoms with E-state index in [1.165, 1.54) is 0 Å². The molecule has 2 rings (SSSR count). The van der Waals surface area contributed by atoms with E-state index in [9.17, 15) is 4.79 Å². The molecule has 1 aliphatic rings. The van der Waals surface area contributed by atoms with Gasteiger partial charge >= 0.3 is 0 Å². The fraction of sp³-hybridized carbons (Fsp3) is 0.714. The second-order valence-electron chi connectivity index (χ2n) is 5.22. The number of hydrogen-bond donors (Lipinski definition) is 2. The summed E-state index contributed by atoms with van der Waals surface area (Å²) in [5.74, 6) is 1.55. The van der Waals surface area contributed by atoms with E-state index >= 15 is 0 Å². The van der Waals surface area contributed by atoms with E-state index in [0.29, 0.717) is 12.6 Å².